The molecular formula is C5H9NS. The lowest BCUT2D eigenvalue weighted by Crippen LogP contribution is -2.16. The number of hydrogen-bond donors (Lipinski definition) is 0. The van der Waals surface area contributed by atoms with Gasteiger partial charge in [0.15, 0.2) is 0 Å². The summed E-state index contributed by atoms with van der Waals surface area (Å²) in [4.78, 5) is 2.61. The highest BCUT2D eigenvalue weighted by atomic mass is 32.1. The van der Waals surface area contributed by atoms with E-state index < -0.39 is 0 Å². The average molecular weight is 115 g/mol. The van der Waals surface area contributed by atoms with Crippen LogP contribution in [0.4, 0.5) is 0 Å². The predicted octanol–water partition coefficient (Wildman–Crippen LogP) is 1.06. The van der Waals surface area contributed by atoms with Gasteiger partial charge in [0.05, 0.1) is 0 Å². The van der Waals surface area contributed by atoms with E-state index in [1.54, 1.807) is 6.08 Å². The third kappa shape index (κ3) is 2.34. The molecule has 0 atom stereocenters. The first kappa shape index (κ1) is 6.63. The maximum Gasteiger partial charge on any atom is 0.100 e. The first-order chi connectivity index (χ1) is 3.18. The topological polar surface area (TPSA) is 3.24 Å². The van der Waals surface area contributed by atoms with Crippen molar-refractivity contribution in [2.24, 2.45) is 0 Å². The highest BCUT2D eigenvalue weighted by Crippen LogP contribution is 1.80. The fraction of sp³-hybridized carbons (Fsp3) is 0.400. The Morgan fingerprint density at radius 3 is 2.14 bits per heavy atom. The fourth-order valence-corrected chi connectivity index (χ4v) is 0.183. The van der Waals surface area contributed by atoms with Gasteiger partial charge in [0.1, 0.15) is 4.99 Å². The van der Waals surface area contributed by atoms with Crippen LogP contribution in [-0.2, 0) is 0 Å². The first-order valence-electron chi connectivity index (χ1n) is 2.02. The third-order valence-electron chi connectivity index (χ3n) is 0.615. The highest BCUT2D eigenvalue weighted by Gasteiger charge is 1.86. The van der Waals surface area contributed by atoms with Crippen LogP contribution in [0.5, 0.6) is 0 Å². The molecule has 0 unspecified atom stereocenters. The van der Waals surface area contributed by atoms with Gasteiger partial charge in [0.2, 0.25) is 0 Å². The van der Waals surface area contributed by atoms with E-state index in [9.17, 15) is 0 Å². The molecular weight excluding hydrogens is 106 g/mol. The molecule has 0 aliphatic rings. The molecule has 0 fully saturated rings. The van der Waals surface area contributed by atoms with Gasteiger partial charge in [0.25, 0.3) is 0 Å². The molecule has 0 saturated carbocycles. The van der Waals surface area contributed by atoms with Crippen LogP contribution in [0.1, 0.15) is 0 Å². The van der Waals surface area contributed by atoms with Crippen molar-refractivity contribution < 1.29 is 0 Å². The molecule has 0 saturated heterocycles. The highest BCUT2D eigenvalue weighted by molar-refractivity contribution is 7.80. The van der Waals surface area contributed by atoms with Gasteiger partial charge in [-0.05, 0) is 6.08 Å². The molecule has 0 aromatic carbocycles. The third-order valence-corrected chi connectivity index (χ3v) is 1.15. The average Bonchev–Trinajstić information content (AvgIpc) is 1.65. The zero-order valence-electron chi connectivity index (χ0n) is 4.64. The van der Waals surface area contributed by atoms with Gasteiger partial charge in [0, 0.05) is 14.1 Å². The number of rotatable bonds is 1. The summed E-state index contributed by atoms with van der Waals surface area (Å²) in [5.74, 6) is 0. The van der Waals surface area contributed by atoms with Crippen LogP contribution in [0, 0.1) is 0 Å². The Morgan fingerprint density at radius 2 is 2.14 bits per heavy atom. The monoisotopic (exact) mass is 115 g/mol. The summed E-state index contributed by atoms with van der Waals surface area (Å²) in [6, 6.07) is 0. The Balaban J connectivity index is 3.56. The van der Waals surface area contributed by atoms with Gasteiger partial charge in [-0.2, -0.15) is 0 Å². The summed E-state index contributed by atoms with van der Waals surface area (Å²) in [6.45, 7) is 3.50. The predicted molar refractivity (Wildman–Crippen MR) is 36.5 cm³/mol. The van der Waals surface area contributed by atoms with Crippen molar-refractivity contribution in [1.82, 2.24) is 4.90 Å². The van der Waals surface area contributed by atoms with E-state index in [1.807, 2.05) is 19.0 Å². The van der Waals surface area contributed by atoms with Crippen molar-refractivity contribution in [3.63, 3.8) is 0 Å². The zero-order chi connectivity index (χ0) is 5.86. The molecule has 0 radical (unpaired) electrons. The molecule has 2 heteroatoms. The first-order valence-corrected chi connectivity index (χ1v) is 2.43. The number of likely N-dealkylation sites (N-methyl/N-ethyl adjacent to an activating group) is 1. The van der Waals surface area contributed by atoms with Crippen LogP contribution in [0.3, 0.4) is 0 Å². The molecule has 0 bridgehead atoms. The molecule has 0 aromatic heterocycles. The van der Waals surface area contributed by atoms with E-state index in [4.69, 9.17) is 12.2 Å². The van der Waals surface area contributed by atoms with E-state index in [0.717, 1.165) is 4.99 Å². The summed E-state index contributed by atoms with van der Waals surface area (Å²) in [7, 11) is 3.79. The second kappa shape index (κ2) is 2.75. The van der Waals surface area contributed by atoms with Gasteiger partial charge in [-0.15, -0.1) is 0 Å². The Kier molecular flexibility index (Phi) is 2.60. The van der Waals surface area contributed by atoms with Crippen LogP contribution in [0.2, 0.25) is 0 Å². The quantitative estimate of drug-likeness (QED) is 0.371. The SMILES string of the molecule is C=CC(=S)N(C)C. The summed E-state index contributed by atoms with van der Waals surface area (Å²) in [6.07, 6.45) is 1.65. The second-order valence-electron chi connectivity index (χ2n) is 1.44. The smallest absolute Gasteiger partial charge is 0.100 e. The Morgan fingerprint density at radius 1 is 1.71 bits per heavy atom. The lowest BCUT2D eigenvalue weighted by atomic mass is 10.6. The van der Waals surface area contributed by atoms with Crippen molar-refractivity contribution >= 4 is 17.2 Å². The van der Waals surface area contributed by atoms with E-state index in [2.05, 4.69) is 6.58 Å². The molecule has 40 valence electrons. The summed E-state index contributed by atoms with van der Waals surface area (Å²) < 4.78 is 0. The minimum absolute atomic E-state index is 0.778. The summed E-state index contributed by atoms with van der Waals surface area (Å²) >= 11 is 4.79. The van der Waals surface area contributed by atoms with E-state index >= 15 is 0 Å². The Hall–Kier alpha value is -0.370. The molecule has 7 heavy (non-hydrogen) atoms. The van der Waals surface area contributed by atoms with Crippen LogP contribution in [0.15, 0.2) is 12.7 Å². The van der Waals surface area contributed by atoms with Crippen molar-refractivity contribution in [1.29, 1.82) is 0 Å². The van der Waals surface area contributed by atoms with Gasteiger partial charge < -0.3 is 4.90 Å². The molecule has 0 aliphatic carbocycles. The van der Waals surface area contributed by atoms with Crippen molar-refractivity contribution in [3.05, 3.63) is 12.7 Å². The van der Waals surface area contributed by atoms with E-state index in [0.29, 0.717) is 0 Å². The van der Waals surface area contributed by atoms with Gasteiger partial charge in [-0.25, -0.2) is 0 Å². The summed E-state index contributed by atoms with van der Waals surface area (Å²) in [5.41, 5.74) is 0. The molecule has 1 nitrogen and oxygen atoms in total. The van der Waals surface area contributed by atoms with Gasteiger partial charge in [-0.3, -0.25) is 0 Å². The maximum absolute atomic E-state index is 4.79. The molecule has 0 N–H and O–H groups in total. The molecule has 0 rings (SSSR count). The standard InChI is InChI=1S/C5H9NS/c1-4-5(7)6(2)3/h4H,1H2,2-3H3. The molecule has 0 spiro atoms. The normalized spacial score (nSPS) is 7.71. The van der Waals surface area contributed by atoms with Crippen molar-refractivity contribution in [2.45, 2.75) is 0 Å². The van der Waals surface area contributed by atoms with Gasteiger partial charge in [-0.1, -0.05) is 18.8 Å². The van der Waals surface area contributed by atoms with Crippen LogP contribution in [-0.4, -0.2) is 24.0 Å². The molecule has 0 heterocycles. The Labute approximate surface area is 49.6 Å². The van der Waals surface area contributed by atoms with Crippen molar-refractivity contribution in [2.75, 3.05) is 14.1 Å². The van der Waals surface area contributed by atoms with Gasteiger partial charge >= 0.3 is 0 Å². The summed E-state index contributed by atoms with van der Waals surface area (Å²) in [5, 5.41) is 0. The maximum atomic E-state index is 4.79. The number of nitrogens with zero attached hydrogens (tertiary/aromatic N) is 1. The van der Waals surface area contributed by atoms with E-state index in [-0.39, 0.29) is 0 Å². The largest absolute Gasteiger partial charge is 0.369 e. The van der Waals surface area contributed by atoms with Crippen LogP contribution in [0.25, 0.3) is 0 Å². The second-order valence-corrected chi connectivity index (χ2v) is 1.86. The lowest BCUT2D eigenvalue weighted by molar-refractivity contribution is 0.639. The van der Waals surface area contributed by atoms with Crippen LogP contribution >= 0.6 is 12.2 Å². The Bertz CT molecular complexity index is 86.1. The molecule has 0 amide bonds. The molecule has 0 aliphatic heterocycles. The number of thiocarbonyl (C=S) groups is 1. The lowest BCUT2D eigenvalue weighted by Gasteiger charge is -2.07. The molecule has 0 aromatic rings. The number of hydrogen-bond acceptors (Lipinski definition) is 1. The fourth-order valence-electron chi connectivity index (χ4n) is 0.183. The van der Waals surface area contributed by atoms with E-state index in [1.165, 1.54) is 0 Å². The zero-order valence-corrected chi connectivity index (χ0v) is 5.46. The van der Waals surface area contributed by atoms with Crippen molar-refractivity contribution in [3.8, 4) is 0 Å². The minimum atomic E-state index is 0.778. The minimum Gasteiger partial charge on any atom is -0.369 e. The van der Waals surface area contributed by atoms with Crippen LogP contribution < -0.4 is 0 Å².